The first kappa shape index (κ1) is 24.3. The van der Waals surface area contributed by atoms with E-state index in [1.807, 2.05) is 0 Å². The van der Waals surface area contributed by atoms with E-state index >= 15 is 0 Å². The molecule has 0 amide bonds. The Morgan fingerprint density at radius 2 is 1.00 bits per heavy atom. The van der Waals surface area contributed by atoms with Crippen LogP contribution in [-0.2, 0) is 38.5 Å². The summed E-state index contributed by atoms with van der Waals surface area (Å²) in [5.74, 6) is 0.997. The molecule has 0 bridgehead atoms. The zero-order chi connectivity index (χ0) is 24.7. The molecule has 0 heteroatoms. The third-order valence-electron chi connectivity index (χ3n) is 7.68. The number of hydrogen-bond acceptors (Lipinski definition) is 0. The van der Waals surface area contributed by atoms with Crippen molar-refractivity contribution in [2.24, 2.45) is 11.8 Å². The fourth-order valence-corrected chi connectivity index (χ4v) is 5.47. The van der Waals surface area contributed by atoms with Crippen LogP contribution in [0.25, 0.3) is 0 Å². The van der Waals surface area contributed by atoms with Crippen LogP contribution in [0.5, 0.6) is 0 Å². The van der Waals surface area contributed by atoms with Crippen LogP contribution in [-0.4, -0.2) is 0 Å². The first-order chi connectivity index (χ1) is 17.7. The van der Waals surface area contributed by atoms with Crippen molar-refractivity contribution in [3.8, 4) is 0 Å². The van der Waals surface area contributed by atoms with Crippen molar-refractivity contribution in [2.75, 3.05) is 0 Å². The Bertz CT molecular complexity index is 1280. The van der Waals surface area contributed by atoms with Gasteiger partial charge in [0.15, 0.2) is 0 Å². The van der Waals surface area contributed by atoms with Crippen LogP contribution < -0.4 is 0 Å². The van der Waals surface area contributed by atoms with E-state index in [-0.39, 0.29) is 0 Å². The fraction of sp³-hybridized carbons (Fsp3) is 0.278. The zero-order valence-corrected chi connectivity index (χ0v) is 21.8. The average Bonchev–Trinajstić information content (AvgIpc) is 3.55. The van der Waals surface area contributed by atoms with Crippen LogP contribution in [0, 0.1) is 11.8 Å². The van der Waals surface area contributed by atoms with Crippen LogP contribution in [0.2, 0.25) is 0 Å². The van der Waals surface area contributed by atoms with Crippen molar-refractivity contribution in [2.45, 2.75) is 52.4 Å². The summed E-state index contributed by atoms with van der Waals surface area (Å²) >= 11 is 0. The molecule has 0 saturated carbocycles. The summed E-state index contributed by atoms with van der Waals surface area (Å²) in [6.07, 6.45) is 20.8. The monoisotopic (exact) mass is 470 g/mol. The second-order valence-corrected chi connectivity index (χ2v) is 10.4. The number of hydrogen-bond donors (Lipinski definition) is 0. The van der Waals surface area contributed by atoms with E-state index < -0.39 is 0 Å². The summed E-state index contributed by atoms with van der Waals surface area (Å²) in [4.78, 5) is 0. The molecular weight excluding hydrogens is 432 g/mol. The molecule has 0 N–H and O–H groups in total. The van der Waals surface area contributed by atoms with Crippen molar-refractivity contribution in [1.29, 1.82) is 0 Å². The van der Waals surface area contributed by atoms with Gasteiger partial charge in [-0.3, -0.25) is 0 Å². The Morgan fingerprint density at radius 1 is 0.500 bits per heavy atom. The minimum Gasteiger partial charge on any atom is -0.0770 e. The quantitative estimate of drug-likeness (QED) is 0.278. The van der Waals surface area contributed by atoms with Gasteiger partial charge in [-0.25, -0.2) is 0 Å². The molecule has 0 saturated heterocycles. The summed E-state index contributed by atoms with van der Waals surface area (Å²) in [7, 11) is 0. The Labute approximate surface area is 217 Å². The maximum absolute atomic E-state index is 2.47. The molecule has 0 nitrogen and oxygen atoms in total. The maximum Gasteiger partial charge on any atom is -0.000381 e. The van der Waals surface area contributed by atoms with Gasteiger partial charge in [-0.1, -0.05) is 123 Å². The Balaban J connectivity index is 1.20. The van der Waals surface area contributed by atoms with E-state index in [2.05, 4.69) is 123 Å². The first-order valence-electron chi connectivity index (χ1n) is 13.7. The van der Waals surface area contributed by atoms with E-state index in [9.17, 15) is 0 Å². The molecule has 36 heavy (non-hydrogen) atoms. The van der Waals surface area contributed by atoms with Gasteiger partial charge in [-0.15, -0.1) is 0 Å². The molecule has 182 valence electrons. The number of rotatable bonds is 10. The zero-order valence-electron chi connectivity index (χ0n) is 21.8. The highest BCUT2D eigenvalue weighted by molar-refractivity contribution is 5.41. The van der Waals surface area contributed by atoms with E-state index in [1.54, 1.807) is 0 Å². The molecule has 2 unspecified atom stereocenters. The predicted molar refractivity (Wildman–Crippen MR) is 154 cm³/mol. The number of benzene rings is 3. The third-order valence-corrected chi connectivity index (χ3v) is 7.68. The van der Waals surface area contributed by atoms with Gasteiger partial charge in [0.25, 0.3) is 0 Å². The highest BCUT2D eigenvalue weighted by Gasteiger charge is 2.15. The molecule has 0 aliphatic heterocycles. The molecule has 0 heterocycles. The Kier molecular flexibility index (Phi) is 7.82. The highest BCUT2D eigenvalue weighted by Crippen LogP contribution is 2.28. The molecule has 0 spiro atoms. The second-order valence-electron chi connectivity index (χ2n) is 10.4. The normalized spacial score (nSPS) is 18.5. The highest BCUT2D eigenvalue weighted by atomic mass is 14.2. The lowest BCUT2D eigenvalue weighted by Gasteiger charge is -2.12. The summed E-state index contributed by atoms with van der Waals surface area (Å²) in [5.41, 5.74) is 11.5. The molecular formula is C36H38. The predicted octanol–water partition coefficient (Wildman–Crippen LogP) is 8.61. The summed E-state index contributed by atoms with van der Waals surface area (Å²) < 4.78 is 0. The van der Waals surface area contributed by atoms with Gasteiger partial charge < -0.3 is 0 Å². The molecule has 0 aromatic heterocycles. The third kappa shape index (κ3) is 6.24. The van der Waals surface area contributed by atoms with Crippen LogP contribution in [0.1, 0.15) is 47.2 Å². The lowest BCUT2D eigenvalue weighted by Crippen LogP contribution is -2.02. The van der Waals surface area contributed by atoms with E-state index in [0.29, 0.717) is 11.8 Å². The van der Waals surface area contributed by atoms with Crippen LogP contribution in [0.15, 0.2) is 120 Å². The minimum absolute atomic E-state index is 0.489. The molecule has 5 rings (SSSR count). The van der Waals surface area contributed by atoms with Crippen molar-refractivity contribution in [1.82, 2.24) is 0 Å². The van der Waals surface area contributed by atoms with Gasteiger partial charge in [-0.05, 0) is 94.9 Å². The van der Waals surface area contributed by atoms with Crippen molar-refractivity contribution in [3.05, 3.63) is 154 Å². The molecule has 3 aromatic carbocycles. The van der Waals surface area contributed by atoms with Crippen molar-refractivity contribution >= 4 is 0 Å². The second kappa shape index (κ2) is 11.6. The fourth-order valence-electron chi connectivity index (χ4n) is 5.47. The van der Waals surface area contributed by atoms with E-state index in [1.165, 1.54) is 44.5 Å². The van der Waals surface area contributed by atoms with Gasteiger partial charge in [0.1, 0.15) is 0 Å². The first-order valence-corrected chi connectivity index (χ1v) is 13.7. The molecule has 0 fully saturated rings. The van der Waals surface area contributed by atoms with Gasteiger partial charge in [-0.2, -0.15) is 0 Å². The topological polar surface area (TPSA) is 0 Å². The summed E-state index contributed by atoms with van der Waals surface area (Å²) in [5, 5.41) is 0. The van der Waals surface area contributed by atoms with Crippen molar-refractivity contribution < 1.29 is 0 Å². The SMILES string of the molecule is CCc1ccc(CC2=CC(Cc3ccccc3CC3=CC(Cc4ccc(CC)cc4)C=C3)C=C2)cc1. The largest absolute Gasteiger partial charge is 0.0770 e. The Hall–Kier alpha value is -3.38. The number of aryl methyl sites for hydroxylation is 2. The van der Waals surface area contributed by atoms with E-state index in [4.69, 9.17) is 0 Å². The van der Waals surface area contributed by atoms with Gasteiger partial charge in [0.05, 0.1) is 0 Å². The lowest BCUT2D eigenvalue weighted by atomic mass is 9.92. The minimum atomic E-state index is 0.489. The summed E-state index contributed by atoms with van der Waals surface area (Å²) in [6.45, 7) is 4.43. The average molecular weight is 471 g/mol. The molecule has 3 aromatic rings. The molecule has 2 aliphatic carbocycles. The molecule has 2 aliphatic rings. The lowest BCUT2D eigenvalue weighted by molar-refractivity contribution is 0.800. The molecule has 2 atom stereocenters. The smallest absolute Gasteiger partial charge is 0.000381 e. The van der Waals surface area contributed by atoms with Crippen LogP contribution in [0.3, 0.4) is 0 Å². The maximum atomic E-state index is 2.47. The Morgan fingerprint density at radius 3 is 1.61 bits per heavy atom. The van der Waals surface area contributed by atoms with Crippen LogP contribution in [0.4, 0.5) is 0 Å². The standard InChI is InChI=1S/C36H38/c1-3-27-9-13-29(14-10-27)21-31-17-19-33(23-31)25-35-7-5-6-8-36(35)26-34-20-18-32(24-34)22-30-15-11-28(4-2)12-16-30/h5-20,23-24,31,34H,3-4,21-22,25-26H2,1-2H3. The van der Waals surface area contributed by atoms with Crippen LogP contribution >= 0.6 is 0 Å². The van der Waals surface area contributed by atoms with Gasteiger partial charge in [0.2, 0.25) is 0 Å². The van der Waals surface area contributed by atoms with Gasteiger partial charge >= 0.3 is 0 Å². The molecule has 0 radical (unpaired) electrons. The van der Waals surface area contributed by atoms with E-state index in [0.717, 1.165) is 38.5 Å². The van der Waals surface area contributed by atoms with Gasteiger partial charge in [0, 0.05) is 0 Å². The van der Waals surface area contributed by atoms with Crippen molar-refractivity contribution in [3.63, 3.8) is 0 Å². The summed E-state index contributed by atoms with van der Waals surface area (Å²) in [6, 6.07) is 27.3. The number of allylic oxidation sites excluding steroid dienone is 8.